The number of aliphatic carboxylic acids is 1. The van der Waals surface area contributed by atoms with Crippen molar-refractivity contribution in [3.63, 3.8) is 0 Å². The molecule has 0 bridgehead atoms. The first-order valence-electron chi connectivity index (χ1n) is 9.39. The summed E-state index contributed by atoms with van der Waals surface area (Å²) in [7, 11) is 0. The predicted octanol–water partition coefficient (Wildman–Crippen LogP) is 5.25. The second-order valence-corrected chi connectivity index (χ2v) is 6.58. The largest absolute Gasteiger partial charge is 0.485 e. The van der Waals surface area contributed by atoms with Gasteiger partial charge in [-0.1, -0.05) is 66.7 Å². The van der Waals surface area contributed by atoms with Crippen LogP contribution in [0.1, 0.15) is 29.5 Å². The topological polar surface area (TPSA) is 55.8 Å². The molecule has 3 rings (SSSR count). The Morgan fingerprint density at radius 1 is 0.714 bits per heavy atom. The quantitative estimate of drug-likeness (QED) is 0.525. The number of hydrogen-bond acceptors (Lipinski definition) is 3. The van der Waals surface area contributed by atoms with Crippen molar-refractivity contribution in [2.75, 3.05) is 0 Å². The van der Waals surface area contributed by atoms with Gasteiger partial charge in [0, 0.05) is 6.42 Å². The van der Waals surface area contributed by atoms with E-state index in [0.29, 0.717) is 37.6 Å². The highest BCUT2D eigenvalue weighted by Gasteiger charge is 2.09. The van der Waals surface area contributed by atoms with E-state index in [2.05, 4.69) is 0 Å². The van der Waals surface area contributed by atoms with E-state index in [1.807, 2.05) is 78.9 Å². The lowest BCUT2D eigenvalue weighted by Gasteiger charge is -2.14. The van der Waals surface area contributed by atoms with Crippen LogP contribution in [0, 0.1) is 0 Å². The number of carboxylic acids is 1. The summed E-state index contributed by atoms with van der Waals surface area (Å²) in [5.74, 6) is 0.581. The van der Waals surface area contributed by atoms with Crippen LogP contribution in [0.2, 0.25) is 0 Å². The maximum absolute atomic E-state index is 10.7. The molecule has 0 spiro atoms. The summed E-state index contributed by atoms with van der Waals surface area (Å²) in [6, 6.07) is 25.8. The normalized spacial score (nSPS) is 10.4. The van der Waals surface area contributed by atoms with E-state index >= 15 is 0 Å². The summed E-state index contributed by atoms with van der Waals surface area (Å²) >= 11 is 0. The average molecular weight is 376 g/mol. The molecule has 4 nitrogen and oxygen atoms in total. The van der Waals surface area contributed by atoms with Crippen LogP contribution in [0.15, 0.2) is 78.9 Å². The van der Waals surface area contributed by atoms with Crippen LogP contribution < -0.4 is 9.47 Å². The van der Waals surface area contributed by atoms with Crippen LogP contribution in [0.5, 0.6) is 11.5 Å². The highest BCUT2D eigenvalue weighted by atomic mass is 16.5. The first kappa shape index (κ1) is 19.5. The summed E-state index contributed by atoms with van der Waals surface area (Å²) < 4.78 is 12.0. The molecule has 0 radical (unpaired) electrons. The Balaban J connectivity index is 1.71. The summed E-state index contributed by atoms with van der Waals surface area (Å²) in [5, 5.41) is 8.83. The lowest BCUT2D eigenvalue weighted by Crippen LogP contribution is -2.02. The molecule has 0 unspecified atom stereocenters. The highest BCUT2D eigenvalue weighted by molar-refractivity contribution is 5.66. The Morgan fingerprint density at radius 2 is 1.29 bits per heavy atom. The molecular weight excluding hydrogens is 352 g/mol. The molecule has 4 heteroatoms. The van der Waals surface area contributed by atoms with Gasteiger partial charge in [0.25, 0.3) is 0 Å². The van der Waals surface area contributed by atoms with Crippen LogP contribution in [0.4, 0.5) is 0 Å². The van der Waals surface area contributed by atoms with Crippen molar-refractivity contribution in [1.82, 2.24) is 0 Å². The number of carbonyl (C=O) groups is 1. The molecule has 0 aliphatic heterocycles. The second-order valence-electron chi connectivity index (χ2n) is 6.58. The maximum Gasteiger partial charge on any atom is 0.303 e. The average Bonchev–Trinajstić information content (AvgIpc) is 2.73. The molecule has 0 saturated heterocycles. The molecule has 28 heavy (non-hydrogen) atoms. The van der Waals surface area contributed by atoms with Gasteiger partial charge >= 0.3 is 5.97 Å². The fourth-order valence-corrected chi connectivity index (χ4v) is 2.85. The Labute approximate surface area is 165 Å². The van der Waals surface area contributed by atoms with E-state index in [-0.39, 0.29) is 6.42 Å². The molecule has 0 heterocycles. The third-order valence-corrected chi connectivity index (χ3v) is 4.34. The van der Waals surface area contributed by atoms with Gasteiger partial charge in [-0.3, -0.25) is 4.79 Å². The minimum Gasteiger partial charge on any atom is -0.485 e. The molecule has 0 saturated carbocycles. The van der Waals surface area contributed by atoms with Crippen molar-refractivity contribution in [2.45, 2.75) is 32.5 Å². The molecule has 1 N–H and O–H groups in total. The van der Waals surface area contributed by atoms with Crippen LogP contribution in [-0.4, -0.2) is 11.1 Å². The standard InChI is InChI=1S/C24H24O4/c25-24(26)13-7-12-19-14-15-22(27-17-20-8-3-1-4-9-20)23(16-19)28-18-21-10-5-2-6-11-21/h1-6,8-11,14-16H,7,12-13,17-18H2,(H,25,26). The zero-order valence-electron chi connectivity index (χ0n) is 15.7. The third kappa shape index (κ3) is 6.16. The summed E-state index contributed by atoms with van der Waals surface area (Å²) in [6.07, 6.45) is 1.44. The van der Waals surface area contributed by atoms with Crippen molar-refractivity contribution < 1.29 is 19.4 Å². The highest BCUT2D eigenvalue weighted by Crippen LogP contribution is 2.30. The number of aryl methyl sites for hydroxylation is 1. The zero-order chi connectivity index (χ0) is 19.6. The molecule has 0 aliphatic carbocycles. The first-order chi connectivity index (χ1) is 13.7. The van der Waals surface area contributed by atoms with Crippen molar-refractivity contribution >= 4 is 5.97 Å². The van der Waals surface area contributed by atoms with Crippen LogP contribution in [-0.2, 0) is 24.4 Å². The number of rotatable bonds is 10. The smallest absolute Gasteiger partial charge is 0.303 e. The van der Waals surface area contributed by atoms with Crippen molar-refractivity contribution in [3.8, 4) is 11.5 Å². The molecular formula is C24H24O4. The van der Waals surface area contributed by atoms with E-state index < -0.39 is 5.97 Å². The third-order valence-electron chi connectivity index (χ3n) is 4.34. The SMILES string of the molecule is O=C(O)CCCc1ccc(OCc2ccccc2)c(OCc2ccccc2)c1. The first-order valence-corrected chi connectivity index (χ1v) is 9.39. The fraction of sp³-hybridized carbons (Fsp3) is 0.208. The van der Waals surface area contributed by atoms with Crippen LogP contribution in [0.3, 0.4) is 0 Å². The molecule has 0 aliphatic rings. The number of carboxylic acid groups (broad SMARTS) is 1. The van der Waals surface area contributed by atoms with E-state index in [9.17, 15) is 4.79 Å². The minimum absolute atomic E-state index is 0.159. The van der Waals surface area contributed by atoms with Crippen LogP contribution >= 0.6 is 0 Å². The van der Waals surface area contributed by atoms with Crippen molar-refractivity contribution in [1.29, 1.82) is 0 Å². The Kier molecular flexibility index (Phi) is 7.08. The molecule has 144 valence electrons. The minimum atomic E-state index is -0.775. The van der Waals surface area contributed by atoms with Gasteiger partial charge in [-0.05, 0) is 41.7 Å². The van der Waals surface area contributed by atoms with Gasteiger partial charge in [0.2, 0.25) is 0 Å². The van der Waals surface area contributed by atoms with Gasteiger partial charge in [0.05, 0.1) is 0 Å². The van der Waals surface area contributed by atoms with Gasteiger partial charge in [0.15, 0.2) is 11.5 Å². The van der Waals surface area contributed by atoms with Gasteiger partial charge < -0.3 is 14.6 Å². The fourth-order valence-electron chi connectivity index (χ4n) is 2.85. The van der Waals surface area contributed by atoms with Crippen molar-refractivity contribution in [2.24, 2.45) is 0 Å². The molecule has 3 aromatic rings. The summed E-state index contributed by atoms with van der Waals surface area (Å²) in [5.41, 5.74) is 3.20. The Morgan fingerprint density at radius 3 is 1.86 bits per heavy atom. The lowest BCUT2D eigenvalue weighted by atomic mass is 10.1. The molecule has 0 aromatic heterocycles. The van der Waals surface area contributed by atoms with E-state index in [1.165, 1.54) is 0 Å². The van der Waals surface area contributed by atoms with E-state index in [1.54, 1.807) is 0 Å². The zero-order valence-corrected chi connectivity index (χ0v) is 15.7. The van der Waals surface area contributed by atoms with Gasteiger partial charge in [-0.25, -0.2) is 0 Å². The molecule has 0 amide bonds. The maximum atomic E-state index is 10.7. The molecule has 0 atom stereocenters. The van der Waals surface area contributed by atoms with Gasteiger partial charge in [0.1, 0.15) is 13.2 Å². The number of benzene rings is 3. The number of ether oxygens (including phenoxy) is 2. The molecule has 0 fully saturated rings. The van der Waals surface area contributed by atoms with E-state index in [4.69, 9.17) is 14.6 Å². The predicted molar refractivity (Wildman–Crippen MR) is 109 cm³/mol. The second kappa shape index (κ2) is 10.2. The summed E-state index contributed by atoms with van der Waals surface area (Å²) in [4.78, 5) is 10.7. The number of hydrogen-bond donors (Lipinski definition) is 1. The Hall–Kier alpha value is -3.27. The van der Waals surface area contributed by atoms with E-state index in [0.717, 1.165) is 16.7 Å². The van der Waals surface area contributed by atoms with Gasteiger partial charge in [-0.15, -0.1) is 0 Å². The molecule has 3 aromatic carbocycles. The summed E-state index contributed by atoms with van der Waals surface area (Å²) in [6.45, 7) is 0.905. The lowest BCUT2D eigenvalue weighted by molar-refractivity contribution is -0.137. The Bertz CT molecular complexity index is 876. The van der Waals surface area contributed by atoms with Crippen LogP contribution in [0.25, 0.3) is 0 Å². The van der Waals surface area contributed by atoms with Gasteiger partial charge in [-0.2, -0.15) is 0 Å². The monoisotopic (exact) mass is 376 g/mol. The van der Waals surface area contributed by atoms with Crippen molar-refractivity contribution in [3.05, 3.63) is 95.6 Å².